The zero-order valence-electron chi connectivity index (χ0n) is 25.8. The van der Waals surface area contributed by atoms with Gasteiger partial charge in [-0.3, -0.25) is 0 Å². The van der Waals surface area contributed by atoms with Gasteiger partial charge in [0.2, 0.25) is 0 Å². The summed E-state index contributed by atoms with van der Waals surface area (Å²) in [6.07, 6.45) is 3.79. The van der Waals surface area contributed by atoms with Crippen molar-refractivity contribution >= 4 is 8.56 Å². The predicted octanol–water partition coefficient (Wildman–Crippen LogP) is 7.69. The van der Waals surface area contributed by atoms with Gasteiger partial charge < -0.3 is 27.8 Å². The van der Waals surface area contributed by atoms with E-state index >= 15 is 0 Å². The fourth-order valence-corrected chi connectivity index (χ4v) is 11.8. The van der Waals surface area contributed by atoms with Crippen molar-refractivity contribution in [1.29, 1.82) is 0 Å². The van der Waals surface area contributed by atoms with E-state index in [4.69, 9.17) is 27.8 Å². The summed E-state index contributed by atoms with van der Waals surface area (Å²) in [4.78, 5) is 0. The van der Waals surface area contributed by atoms with Crippen LogP contribution in [0, 0.1) is 0 Å². The largest absolute Gasteiger partial charge is 0.391 e. The fourth-order valence-electron chi connectivity index (χ4n) is 6.89. The Morgan fingerprint density at radius 3 is 1.80 bits per heavy atom. The molecule has 3 fully saturated rings. The van der Waals surface area contributed by atoms with Gasteiger partial charge in [-0.05, 0) is 24.0 Å². The van der Waals surface area contributed by atoms with Gasteiger partial charge in [-0.15, -0.1) is 0 Å². The van der Waals surface area contributed by atoms with Crippen LogP contribution in [0.25, 0.3) is 0 Å². The minimum absolute atomic E-state index is 0.161. The molecule has 0 amide bonds. The van der Waals surface area contributed by atoms with E-state index in [2.05, 4.69) is 65.8 Å². The molecular formula is C34H50O6Si. The van der Waals surface area contributed by atoms with Gasteiger partial charge in [0.25, 0.3) is 0 Å². The molecule has 2 aromatic carbocycles. The fraction of sp³-hybridized carbons (Fsp3) is 0.647. The van der Waals surface area contributed by atoms with E-state index in [1.807, 2.05) is 36.4 Å². The lowest BCUT2D eigenvalue weighted by Gasteiger charge is -2.51. The highest BCUT2D eigenvalue weighted by Gasteiger charge is 2.65. The van der Waals surface area contributed by atoms with E-state index in [1.54, 1.807) is 0 Å². The van der Waals surface area contributed by atoms with Crippen LogP contribution < -0.4 is 0 Å². The molecule has 0 aromatic heterocycles. The van der Waals surface area contributed by atoms with Gasteiger partial charge in [-0.25, -0.2) is 0 Å². The molecule has 2 aliphatic heterocycles. The second-order valence-corrected chi connectivity index (χ2v) is 18.7. The van der Waals surface area contributed by atoms with Crippen LogP contribution in [-0.2, 0) is 41.0 Å². The van der Waals surface area contributed by atoms with Crippen molar-refractivity contribution in [1.82, 2.24) is 0 Å². The lowest BCUT2D eigenvalue weighted by molar-refractivity contribution is -0.320. The van der Waals surface area contributed by atoms with E-state index in [-0.39, 0.29) is 28.4 Å². The second-order valence-electron chi connectivity index (χ2n) is 14.0. The Morgan fingerprint density at radius 2 is 1.27 bits per heavy atom. The van der Waals surface area contributed by atoms with Crippen molar-refractivity contribution in [2.75, 3.05) is 6.61 Å². The molecule has 2 bridgehead atoms. The van der Waals surface area contributed by atoms with Gasteiger partial charge >= 0.3 is 8.56 Å². The number of fused-ring (bicyclic) bond motifs is 2. The van der Waals surface area contributed by atoms with Crippen molar-refractivity contribution in [2.24, 2.45) is 0 Å². The molecule has 7 heteroatoms. The lowest BCUT2D eigenvalue weighted by atomic mass is 9.96. The van der Waals surface area contributed by atoms with E-state index in [0.717, 1.165) is 24.0 Å². The summed E-state index contributed by atoms with van der Waals surface area (Å²) in [5.41, 5.74) is 2.22. The summed E-state index contributed by atoms with van der Waals surface area (Å²) in [5.74, 6) is 0. The molecule has 1 saturated carbocycles. The average Bonchev–Trinajstić information content (AvgIpc) is 3.07. The quantitative estimate of drug-likeness (QED) is 0.298. The summed E-state index contributed by atoms with van der Waals surface area (Å²) >= 11 is 0. The maximum Gasteiger partial charge on any atom is 0.349 e. The van der Waals surface area contributed by atoms with Crippen LogP contribution >= 0.6 is 0 Å². The van der Waals surface area contributed by atoms with Crippen molar-refractivity contribution in [2.45, 2.75) is 134 Å². The normalized spacial score (nSPS) is 29.2. The minimum Gasteiger partial charge on any atom is -0.391 e. The van der Waals surface area contributed by atoms with Gasteiger partial charge in [0.1, 0.15) is 24.4 Å². The number of hydrogen-bond donors (Lipinski definition) is 0. The molecule has 2 aromatic rings. The van der Waals surface area contributed by atoms with E-state index in [9.17, 15) is 0 Å². The topological polar surface area (TPSA) is 55.4 Å². The Hall–Kier alpha value is -1.58. The van der Waals surface area contributed by atoms with Crippen molar-refractivity contribution in [3.8, 4) is 0 Å². The summed E-state index contributed by atoms with van der Waals surface area (Å²) in [6.45, 7) is 14.8. The smallest absolute Gasteiger partial charge is 0.349 e. The van der Waals surface area contributed by atoms with Crippen LogP contribution in [0.5, 0.6) is 0 Å². The van der Waals surface area contributed by atoms with Crippen LogP contribution in [0.1, 0.15) is 84.8 Å². The maximum absolute atomic E-state index is 7.43. The summed E-state index contributed by atoms with van der Waals surface area (Å²) in [6, 6.07) is 20.6. The maximum atomic E-state index is 7.43. The highest BCUT2D eigenvalue weighted by atomic mass is 28.4. The SMILES string of the molecule is CC(C)(C)[Si]1(C(C)(C)C)OC[C@H]2O[C@H](OC3CCCCC3)[C@H](OCc3ccccc3)[C@@H](O1)[C@H]2OCc1ccccc1. The van der Waals surface area contributed by atoms with Gasteiger partial charge in [-0.2, -0.15) is 0 Å². The first-order chi connectivity index (χ1) is 19.6. The molecule has 5 atom stereocenters. The van der Waals surface area contributed by atoms with Crippen LogP contribution in [0.4, 0.5) is 0 Å². The van der Waals surface area contributed by atoms with Gasteiger partial charge in [-0.1, -0.05) is 121 Å². The lowest BCUT2D eigenvalue weighted by Crippen LogP contribution is -2.64. The molecule has 2 saturated heterocycles. The summed E-state index contributed by atoms with van der Waals surface area (Å²) in [5, 5.41) is -0.396. The van der Waals surface area contributed by atoms with E-state index in [1.165, 1.54) is 19.3 Å². The second kappa shape index (κ2) is 13.0. The zero-order valence-corrected chi connectivity index (χ0v) is 26.8. The van der Waals surface area contributed by atoms with E-state index < -0.39 is 27.1 Å². The van der Waals surface area contributed by atoms with Crippen LogP contribution in [0.3, 0.4) is 0 Å². The van der Waals surface area contributed by atoms with Crippen molar-refractivity contribution in [3.05, 3.63) is 71.8 Å². The molecule has 0 radical (unpaired) electrons. The van der Waals surface area contributed by atoms with Gasteiger partial charge in [0, 0.05) is 10.1 Å². The highest BCUT2D eigenvalue weighted by molar-refractivity contribution is 6.73. The van der Waals surface area contributed by atoms with E-state index in [0.29, 0.717) is 19.8 Å². The Morgan fingerprint density at radius 1 is 0.732 bits per heavy atom. The minimum atomic E-state index is -2.90. The Labute approximate surface area is 248 Å². The Balaban J connectivity index is 1.51. The number of benzene rings is 2. The third-order valence-electron chi connectivity index (χ3n) is 8.77. The Bertz CT molecular complexity index is 1060. The molecule has 3 aliphatic rings. The van der Waals surface area contributed by atoms with Crippen LogP contribution in [0.15, 0.2) is 60.7 Å². The molecule has 226 valence electrons. The summed E-state index contributed by atoms with van der Waals surface area (Å²) in [7, 11) is -2.90. The zero-order chi connectivity index (χ0) is 29.1. The molecular weight excluding hydrogens is 532 g/mol. The first-order valence-electron chi connectivity index (χ1n) is 15.5. The molecule has 6 nitrogen and oxygen atoms in total. The molecule has 0 spiro atoms. The molecule has 2 heterocycles. The van der Waals surface area contributed by atoms with Gasteiger partial charge in [0.05, 0.1) is 25.9 Å². The summed E-state index contributed by atoms with van der Waals surface area (Å²) < 4.78 is 41.4. The van der Waals surface area contributed by atoms with Crippen LogP contribution in [0.2, 0.25) is 10.1 Å². The Kier molecular flexibility index (Phi) is 9.76. The number of hydrogen-bond acceptors (Lipinski definition) is 6. The standard InChI is InChI=1S/C34H50O6Si/c1-33(2,3)41(34(4,5)6)37-24-28-29(35-22-25-16-10-7-11-17-25)30(40-41)31(36-23-26-18-12-8-13-19-26)32(39-28)38-27-20-14-9-15-21-27/h7-8,10-13,16-19,27-32H,9,14-15,20-24H2,1-6H3/t28-,29+,30+,31-,32+/m1/s1. The monoisotopic (exact) mass is 582 g/mol. The predicted molar refractivity (Wildman–Crippen MR) is 163 cm³/mol. The number of ether oxygens (including phenoxy) is 4. The van der Waals surface area contributed by atoms with Crippen molar-refractivity contribution in [3.63, 3.8) is 0 Å². The first kappa shape index (κ1) is 30.9. The highest BCUT2D eigenvalue weighted by Crippen LogP contribution is 2.55. The molecule has 1 aliphatic carbocycles. The molecule has 41 heavy (non-hydrogen) atoms. The average molecular weight is 583 g/mol. The number of rotatable bonds is 8. The third kappa shape index (κ3) is 6.98. The molecule has 0 unspecified atom stereocenters. The van der Waals surface area contributed by atoms with Crippen molar-refractivity contribution < 1.29 is 27.8 Å². The van der Waals surface area contributed by atoms with Gasteiger partial charge in [0.15, 0.2) is 6.29 Å². The molecule has 5 rings (SSSR count). The first-order valence-corrected chi connectivity index (χ1v) is 17.3. The third-order valence-corrected chi connectivity index (χ3v) is 13.9. The molecule has 0 N–H and O–H groups in total. The van der Waals surface area contributed by atoms with Crippen LogP contribution in [-0.4, -0.2) is 52.0 Å².